The fourth-order valence-corrected chi connectivity index (χ4v) is 3.64. The number of hydrogen-bond acceptors (Lipinski definition) is 4. The highest BCUT2D eigenvalue weighted by Gasteiger charge is 2.37. The van der Waals surface area contributed by atoms with Crippen molar-refractivity contribution in [2.24, 2.45) is 0 Å². The van der Waals surface area contributed by atoms with Crippen LogP contribution in [0.15, 0.2) is 42.5 Å². The summed E-state index contributed by atoms with van der Waals surface area (Å²) in [7, 11) is 0. The second-order valence-electron chi connectivity index (χ2n) is 7.55. The number of nitrogens with one attached hydrogen (secondary N) is 1. The lowest BCUT2D eigenvalue weighted by Crippen LogP contribution is -2.38. The standard InChI is InChI=1S/C24H28N2O4/c1-4-5-6-18-7-12-22-21(15-18)23(25-17(3)28)24(29)26(22)13-14-30-20-10-8-19(9-11-20)16(2)27/h7-12,15,23H,4-6,13-14H2,1-3H3,(H,25,28)/t23-/m1/s1. The second kappa shape index (κ2) is 9.57. The van der Waals surface area contributed by atoms with Crippen LogP contribution in [0.4, 0.5) is 5.69 Å². The summed E-state index contributed by atoms with van der Waals surface area (Å²) in [5.74, 6) is 0.258. The molecule has 1 N–H and O–H groups in total. The van der Waals surface area contributed by atoms with E-state index in [0.29, 0.717) is 24.5 Å². The van der Waals surface area contributed by atoms with Crippen molar-refractivity contribution in [1.29, 1.82) is 0 Å². The van der Waals surface area contributed by atoms with Crippen LogP contribution in [-0.2, 0) is 16.0 Å². The molecule has 0 radical (unpaired) electrons. The van der Waals surface area contributed by atoms with Gasteiger partial charge in [0, 0.05) is 23.7 Å². The lowest BCUT2D eigenvalue weighted by Gasteiger charge is -2.18. The largest absolute Gasteiger partial charge is 0.492 e. The highest BCUT2D eigenvalue weighted by molar-refractivity contribution is 6.06. The average molecular weight is 408 g/mol. The summed E-state index contributed by atoms with van der Waals surface area (Å²) in [6.45, 7) is 5.75. The Bertz CT molecular complexity index is 937. The van der Waals surface area contributed by atoms with Gasteiger partial charge >= 0.3 is 0 Å². The van der Waals surface area contributed by atoms with E-state index in [2.05, 4.69) is 12.2 Å². The Morgan fingerprint density at radius 3 is 2.47 bits per heavy atom. The van der Waals surface area contributed by atoms with Crippen molar-refractivity contribution in [3.05, 3.63) is 59.2 Å². The number of nitrogens with zero attached hydrogens (tertiary/aromatic N) is 1. The quantitative estimate of drug-likeness (QED) is 0.640. The van der Waals surface area contributed by atoms with Gasteiger partial charge < -0.3 is 15.0 Å². The Morgan fingerprint density at radius 1 is 1.10 bits per heavy atom. The van der Waals surface area contributed by atoms with Gasteiger partial charge in [-0.05, 0) is 55.7 Å². The van der Waals surface area contributed by atoms with Gasteiger partial charge in [0.05, 0.1) is 6.54 Å². The van der Waals surface area contributed by atoms with E-state index in [-0.39, 0.29) is 17.6 Å². The maximum Gasteiger partial charge on any atom is 0.254 e. The smallest absolute Gasteiger partial charge is 0.254 e. The molecule has 1 atom stereocenters. The Balaban J connectivity index is 1.72. The molecule has 3 rings (SSSR count). The van der Waals surface area contributed by atoms with Crippen LogP contribution in [-0.4, -0.2) is 30.7 Å². The number of unbranched alkanes of at least 4 members (excludes halogenated alkanes) is 1. The van der Waals surface area contributed by atoms with Crippen LogP contribution in [0.1, 0.15) is 61.1 Å². The summed E-state index contributed by atoms with van der Waals surface area (Å²) < 4.78 is 5.77. The SMILES string of the molecule is CCCCc1ccc2c(c1)[C@@H](NC(C)=O)C(=O)N2CCOc1ccc(C(C)=O)cc1. The Hall–Kier alpha value is -3.15. The molecular weight excluding hydrogens is 380 g/mol. The minimum Gasteiger partial charge on any atom is -0.492 e. The third-order valence-corrected chi connectivity index (χ3v) is 5.22. The van der Waals surface area contributed by atoms with Crippen LogP contribution in [0.5, 0.6) is 5.75 Å². The molecule has 6 nitrogen and oxygen atoms in total. The molecule has 1 heterocycles. The molecule has 158 valence electrons. The zero-order valence-electron chi connectivity index (χ0n) is 17.7. The molecule has 1 aliphatic rings. The molecule has 0 spiro atoms. The number of ketones is 1. The third kappa shape index (κ3) is 4.87. The zero-order chi connectivity index (χ0) is 21.7. The summed E-state index contributed by atoms with van der Waals surface area (Å²) in [5.41, 5.74) is 3.45. The number of aryl methyl sites for hydroxylation is 1. The van der Waals surface area contributed by atoms with Crippen LogP contribution < -0.4 is 15.0 Å². The maximum absolute atomic E-state index is 13.0. The second-order valence-corrected chi connectivity index (χ2v) is 7.55. The molecule has 0 aromatic heterocycles. The van der Waals surface area contributed by atoms with Crippen molar-refractivity contribution < 1.29 is 19.1 Å². The average Bonchev–Trinajstić information content (AvgIpc) is 2.97. The van der Waals surface area contributed by atoms with Crippen LogP contribution in [0.25, 0.3) is 0 Å². The predicted molar refractivity (Wildman–Crippen MR) is 116 cm³/mol. The van der Waals surface area contributed by atoms with Crippen molar-refractivity contribution in [3.63, 3.8) is 0 Å². The van der Waals surface area contributed by atoms with Gasteiger partial charge in [0.2, 0.25) is 5.91 Å². The number of Topliss-reactive ketones (excluding diaryl/α,β-unsaturated/α-hetero) is 1. The highest BCUT2D eigenvalue weighted by Crippen LogP contribution is 2.36. The number of carbonyl (C=O) groups is 3. The van der Waals surface area contributed by atoms with E-state index in [9.17, 15) is 14.4 Å². The molecule has 30 heavy (non-hydrogen) atoms. The highest BCUT2D eigenvalue weighted by atomic mass is 16.5. The number of rotatable bonds is 9. The first kappa shape index (κ1) is 21.6. The summed E-state index contributed by atoms with van der Waals surface area (Å²) in [5, 5.41) is 2.78. The molecular formula is C24H28N2O4. The Kier molecular flexibility index (Phi) is 6.87. The van der Waals surface area contributed by atoms with Gasteiger partial charge in [0.25, 0.3) is 5.91 Å². The Labute approximate surface area is 177 Å². The summed E-state index contributed by atoms with van der Waals surface area (Å²) in [6.07, 6.45) is 3.13. The minimum atomic E-state index is -0.658. The van der Waals surface area contributed by atoms with E-state index >= 15 is 0 Å². The van der Waals surface area contributed by atoms with Gasteiger partial charge in [-0.15, -0.1) is 0 Å². The van der Waals surface area contributed by atoms with E-state index in [4.69, 9.17) is 4.74 Å². The summed E-state index contributed by atoms with van der Waals surface area (Å²) in [4.78, 5) is 37.7. The van der Waals surface area contributed by atoms with Crippen LogP contribution in [0, 0.1) is 0 Å². The van der Waals surface area contributed by atoms with Gasteiger partial charge in [-0.2, -0.15) is 0 Å². The molecule has 2 aromatic rings. The van der Waals surface area contributed by atoms with Crippen molar-refractivity contribution >= 4 is 23.3 Å². The fraction of sp³-hybridized carbons (Fsp3) is 0.375. The van der Waals surface area contributed by atoms with Gasteiger partial charge in [-0.1, -0.05) is 25.5 Å². The monoisotopic (exact) mass is 408 g/mol. The fourth-order valence-electron chi connectivity index (χ4n) is 3.64. The van der Waals surface area contributed by atoms with Crippen molar-refractivity contribution in [1.82, 2.24) is 5.32 Å². The first-order chi connectivity index (χ1) is 14.4. The molecule has 0 saturated carbocycles. The molecule has 2 aromatic carbocycles. The number of anilines is 1. The van der Waals surface area contributed by atoms with E-state index < -0.39 is 6.04 Å². The minimum absolute atomic E-state index is 0.00291. The summed E-state index contributed by atoms with van der Waals surface area (Å²) >= 11 is 0. The molecule has 1 aliphatic heterocycles. The zero-order valence-corrected chi connectivity index (χ0v) is 17.7. The summed E-state index contributed by atoms with van der Waals surface area (Å²) in [6, 6.07) is 12.3. The molecule has 2 amide bonds. The number of benzene rings is 2. The van der Waals surface area contributed by atoms with Crippen molar-refractivity contribution in [3.8, 4) is 5.75 Å². The van der Waals surface area contributed by atoms with Gasteiger partial charge in [0.15, 0.2) is 5.78 Å². The molecule has 0 saturated heterocycles. The van der Waals surface area contributed by atoms with E-state index in [1.807, 2.05) is 18.2 Å². The lowest BCUT2D eigenvalue weighted by atomic mass is 10.0. The van der Waals surface area contributed by atoms with Crippen LogP contribution in [0.3, 0.4) is 0 Å². The predicted octanol–water partition coefficient (Wildman–Crippen LogP) is 3.83. The van der Waals surface area contributed by atoms with Crippen LogP contribution in [0.2, 0.25) is 0 Å². The van der Waals surface area contributed by atoms with E-state index in [1.54, 1.807) is 29.2 Å². The number of ether oxygens (including phenoxy) is 1. The number of carbonyl (C=O) groups excluding carboxylic acids is 3. The van der Waals surface area contributed by atoms with E-state index in [1.165, 1.54) is 19.4 Å². The molecule has 0 unspecified atom stereocenters. The van der Waals surface area contributed by atoms with Crippen molar-refractivity contribution in [2.75, 3.05) is 18.1 Å². The molecule has 6 heteroatoms. The Morgan fingerprint density at radius 2 is 1.83 bits per heavy atom. The normalized spacial score (nSPS) is 15.1. The molecule has 0 bridgehead atoms. The third-order valence-electron chi connectivity index (χ3n) is 5.22. The van der Waals surface area contributed by atoms with Gasteiger partial charge in [0.1, 0.15) is 18.4 Å². The number of hydrogen-bond donors (Lipinski definition) is 1. The van der Waals surface area contributed by atoms with Gasteiger partial charge in [-0.25, -0.2) is 0 Å². The number of fused-ring (bicyclic) bond motifs is 1. The topological polar surface area (TPSA) is 75.7 Å². The first-order valence-corrected chi connectivity index (χ1v) is 10.4. The lowest BCUT2D eigenvalue weighted by molar-refractivity contribution is -0.126. The first-order valence-electron chi connectivity index (χ1n) is 10.4. The molecule has 0 aliphatic carbocycles. The van der Waals surface area contributed by atoms with E-state index in [0.717, 1.165) is 30.5 Å². The van der Waals surface area contributed by atoms with Crippen molar-refractivity contribution in [2.45, 2.75) is 46.1 Å². The maximum atomic E-state index is 13.0. The van der Waals surface area contributed by atoms with Gasteiger partial charge in [-0.3, -0.25) is 14.4 Å². The number of amides is 2. The molecule has 0 fully saturated rings. The van der Waals surface area contributed by atoms with Crippen LogP contribution >= 0.6 is 0 Å².